The molecule has 0 aliphatic rings. The third-order valence-electron chi connectivity index (χ3n) is 2.18. The monoisotopic (exact) mass is 412 g/mol. The zero-order valence-corrected chi connectivity index (χ0v) is 13.2. The Labute approximate surface area is 121 Å². The first-order chi connectivity index (χ1) is 7.93. The average Bonchev–Trinajstić information content (AvgIpc) is 2.33. The fraction of sp³-hybridized carbons (Fsp3) is 0.273. The van der Waals surface area contributed by atoms with Crippen LogP contribution in [-0.2, 0) is 9.47 Å². The van der Waals surface area contributed by atoms with E-state index in [1.807, 2.05) is 6.92 Å². The highest BCUT2D eigenvalue weighted by Crippen LogP contribution is 2.30. The van der Waals surface area contributed by atoms with Crippen LogP contribution in [0.5, 0.6) is 0 Å². The minimum Gasteiger partial charge on any atom is -0.465 e. The van der Waals surface area contributed by atoms with Crippen molar-refractivity contribution in [2.24, 2.45) is 0 Å². The fourth-order valence-electron chi connectivity index (χ4n) is 1.33. The maximum atomic E-state index is 11.7. The number of aryl methyl sites for hydroxylation is 1. The Morgan fingerprint density at radius 1 is 1.24 bits per heavy atom. The predicted octanol–water partition coefficient (Wildman–Crippen LogP) is 2.94. The lowest BCUT2D eigenvalue weighted by Crippen LogP contribution is -2.14. The lowest BCUT2D eigenvalue weighted by Gasteiger charge is -2.12. The van der Waals surface area contributed by atoms with E-state index in [4.69, 9.17) is 0 Å². The van der Waals surface area contributed by atoms with Gasteiger partial charge < -0.3 is 9.47 Å². The largest absolute Gasteiger partial charge is 0.465 e. The molecule has 0 radical (unpaired) electrons. The molecule has 1 aromatic carbocycles. The zero-order valence-electron chi connectivity index (χ0n) is 9.47. The first-order valence-corrected chi connectivity index (χ1v) is 6.46. The summed E-state index contributed by atoms with van der Waals surface area (Å²) >= 11 is 5.39. The Bertz CT molecular complexity index is 485. The second kappa shape index (κ2) is 5.81. The van der Waals surface area contributed by atoms with Crippen LogP contribution in [0.2, 0.25) is 0 Å². The zero-order chi connectivity index (χ0) is 13.2. The minimum absolute atomic E-state index is 0.189. The summed E-state index contributed by atoms with van der Waals surface area (Å²) in [6.45, 7) is 1.85. The second-order valence-corrected chi connectivity index (χ2v) is 5.10. The molecule has 92 valence electrons. The molecule has 0 aliphatic heterocycles. The van der Waals surface area contributed by atoms with Crippen molar-refractivity contribution in [1.82, 2.24) is 0 Å². The van der Waals surface area contributed by atoms with Gasteiger partial charge in [-0.05, 0) is 57.1 Å². The van der Waals surface area contributed by atoms with Crippen LogP contribution in [0.15, 0.2) is 10.5 Å². The summed E-state index contributed by atoms with van der Waals surface area (Å²) in [4.78, 5) is 23.3. The molecule has 0 unspecified atom stereocenters. The Morgan fingerprint density at radius 3 is 2.24 bits per heavy atom. The summed E-state index contributed by atoms with van der Waals surface area (Å²) in [7, 11) is 2.53. The maximum absolute atomic E-state index is 11.7. The van der Waals surface area contributed by atoms with Crippen molar-refractivity contribution >= 4 is 50.5 Å². The first-order valence-electron chi connectivity index (χ1n) is 4.59. The number of ether oxygens (including phenoxy) is 2. The molecule has 0 atom stereocenters. The molecule has 0 amide bonds. The topological polar surface area (TPSA) is 52.6 Å². The van der Waals surface area contributed by atoms with Gasteiger partial charge in [0.2, 0.25) is 0 Å². The van der Waals surface area contributed by atoms with Gasteiger partial charge in [-0.25, -0.2) is 9.59 Å². The smallest absolute Gasteiger partial charge is 0.339 e. The molecule has 0 bridgehead atoms. The van der Waals surface area contributed by atoms with E-state index in [9.17, 15) is 9.59 Å². The highest BCUT2D eigenvalue weighted by atomic mass is 127. The molecule has 0 saturated carbocycles. The van der Waals surface area contributed by atoms with E-state index >= 15 is 0 Å². The molecule has 0 aromatic heterocycles. The highest BCUT2D eigenvalue weighted by Gasteiger charge is 2.24. The number of esters is 2. The van der Waals surface area contributed by atoms with Gasteiger partial charge in [0.05, 0.1) is 25.3 Å². The Morgan fingerprint density at radius 2 is 1.76 bits per heavy atom. The Hall–Kier alpha value is -0.630. The number of hydrogen-bond acceptors (Lipinski definition) is 4. The van der Waals surface area contributed by atoms with E-state index in [0.717, 1.165) is 9.13 Å². The number of hydrogen-bond donors (Lipinski definition) is 0. The van der Waals surface area contributed by atoms with Crippen molar-refractivity contribution in [2.45, 2.75) is 6.92 Å². The van der Waals surface area contributed by atoms with E-state index in [1.54, 1.807) is 6.07 Å². The van der Waals surface area contributed by atoms with Crippen LogP contribution in [0.3, 0.4) is 0 Å². The van der Waals surface area contributed by atoms with Gasteiger partial charge in [-0.3, -0.25) is 0 Å². The summed E-state index contributed by atoms with van der Waals surface area (Å²) in [5.74, 6) is -1.14. The van der Waals surface area contributed by atoms with E-state index in [1.165, 1.54) is 14.2 Å². The molecule has 0 N–H and O–H groups in total. The van der Waals surface area contributed by atoms with Gasteiger partial charge in [-0.2, -0.15) is 0 Å². The van der Waals surface area contributed by atoms with Crippen molar-refractivity contribution in [3.05, 3.63) is 30.8 Å². The van der Waals surface area contributed by atoms with Crippen LogP contribution in [0, 0.1) is 10.5 Å². The van der Waals surface area contributed by atoms with Gasteiger partial charge in [0.1, 0.15) is 0 Å². The molecule has 0 fully saturated rings. The van der Waals surface area contributed by atoms with Gasteiger partial charge in [0.25, 0.3) is 0 Å². The van der Waals surface area contributed by atoms with E-state index in [0.29, 0.717) is 4.47 Å². The SMILES string of the molecule is COC(=O)c1cc(C)c(I)c(Br)c1C(=O)OC. The highest BCUT2D eigenvalue weighted by molar-refractivity contribution is 14.1. The molecule has 6 heteroatoms. The normalized spacial score (nSPS) is 9.94. The maximum Gasteiger partial charge on any atom is 0.339 e. The molecule has 1 aromatic rings. The quantitative estimate of drug-likeness (QED) is 0.553. The standard InChI is InChI=1S/C11H10BrIO4/c1-5-4-6(10(14)16-2)7(11(15)17-3)8(12)9(5)13/h4H,1-3H3. The molecule has 0 aliphatic carbocycles. The van der Waals surface area contributed by atoms with Crippen LogP contribution < -0.4 is 0 Å². The number of carbonyl (C=O) groups excluding carboxylic acids is 2. The van der Waals surface area contributed by atoms with Crippen molar-refractivity contribution < 1.29 is 19.1 Å². The van der Waals surface area contributed by atoms with Crippen molar-refractivity contribution in [1.29, 1.82) is 0 Å². The van der Waals surface area contributed by atoms with Crippen LogP contribution >= 0.6 is 38.5 Å². The number of methoxy groups -OCH3 is 2. The van der Waals surface area contributed by atoms with E-state index in [2.05, 4.69) is 48.0 Å². The molecule has 17 heavy (non-hydrogen) atoms. The lowest BCUT2D eigenvalue weighted by molar-refractivity contribution is 0.0554. The minimum atomic E-state index is -0.574. The van der Waals surface area contributed by atoms with Crippen LogP contribution in [0.1, 0.15) is 26.3 Å². The third kappa shape index (κ3) is 2.79. The summed E-state index contributed by atoms with van der Waals surface area (Å²) in [6.07, 6.45) is 0. The lowest BCUT2D eigenvalue weighted by atomic mass is 10.0. The third-order valence-corrected chi connectivity index (χ3v) is 5.11. The van der Waals surface area contributed by atoms with E-state index in [-0.39, 0.29) is 11.1 Å². The van der Waals surface area contributed by atoms with Gasteiger partial charge in [-0.1, -0.05) is 0 Å². The molecule has 4 nitrogen and oxygen atoms in total. The second-order valence-electron chi connectivity index (χ2n) is 3.23. The summed E-state index contributed by atoms with van der Waals surface area (Å²) < 4.78 is 10.7. The summed E-state index contributed by atoms with van der Waals surface area (Å²) in [5.41, 5.74) is 1.27. The molecular formula is C11H10BrIO4. The fourth-order valence-corrected chi connectivity index (χ4v) is 2.44. The van der Waals surface area contributed by atoms with Crippen LogP contribution in [0.4, 0.5) is 0 Å². The Kier molecular flexibility index (Phi) is 4.93. The van der Waals surface area contributed by atoms with Crippen molar-refractivity contribution in [3.63, 3.8) is 0 Å². The number of benzene rings is 1. The van der Waals surface area contributed by atoms with Crippen LogP contribution in [-0.4, -0.2) is 26.2 Å². The van der Waals surface area contributed by atoms with Gasteiger partial charge in [0, 0.05) is 8.04 Å². The molecule has 0 saturated heterocycles. The van der Waals surface area contributed by atoms with Crippen molar-refractivity contribution in [3.8, 4) is 0 Å². The van der Waals surface area contributed by atoms with E-state index < -0.39 is 11.9 Å². The number of carbonyl (C=O) groups is 2. The number of rotatable bonds is 2. The molecule has 0 heterocycles. The predicted molar refractivity (Wildman–Crippen MR) is 74.3 cm³/mol. The average molecular weight is 413 g/mol. The first kappa shape index (κ1) is 14.4. The van der Waals surface area contributed by atoms with Crippen LogP contribution in [0.25, 0.3) is 0 Å². The summed E-state index contributed by atoms with van der Waals surface area (Å²) in [6, 6.07) is 1.62. The van der Waals surface area contributed by atoms with Gasteiger partial charge in [0.15, 0.2) is 0 Å². The Balaban J connectivity index is 3.57. The van der Waals surface area contributed by atoms with Gasteiger partial charge >= 0.3 is 11.9 Å². The van der Waals surface area contributed by atoms with Gasteiger partial charge in [-0.15, -0.1) is 0 Å². The molecule has 0 spiro atoms. The number of halogens is 2. The summed E-state index contributed by atoms with van der Waals surface area (Å²) in [5, 5.41) is 0. The van der Waals surface area contributed by atoms with Crippen molar-refractivity contribution in [2.75, 3.05) is 14.2 Å². The molecule has 1 rings (SSSR count). The molecular weight excluding hydrogens is 403 g/mol.